The monoisotopic (exact) mass is 298 g/mol. The Hall–Kier alpha value is -2.30. The van der Waals surface area contributed by atoms with Gasteiger partial charge < -0.3 is 10.2 Å². The number of urea groups is 1. The highest BCUT2D eigenvalue weighted by atomic mass is 16.2. The van der Waals surface area contributed by atoms with Gasteiger partial charge in [-0.1, -0.05) is 19.1 Å². The number of nitrogens with zero attached hydrogens (tertiary/aromatic N) is 3. The van der Waals surface area contributed by atoms with E-state index in [1.807, 2.05) is 48.5 Å². The van der Waals surface area contributed by atoms with Crippen LogP contribution in [-0.4, -0.2) is 32.8 Å². The van der Waals surface area contributed by atoms with Gasteiger partial charge in [0.05, 0.1) is 5.69 Å². The summed E-state index contributed by atoms with van der Waals surface area (Å²) in [6.45, 7) is 4.22. The van der Waals surface area contributed by atoms with Gasteiger partial charge in [-0.2, -0.15) is 5.10 Å². The quantitative estimate of drug-likeness (QED) is 0.943. The number of amides is 2. The third-order valence-corrected chi connectivity index (χ3v) is 4.31. The topological polar surface area (TPSA) is 50.2 Å². The maximum Gasteiger partial charge on any atom is 0.322 e. The van der Waals surface area contributed by atoms with Crippen LogP contribution in [0.15, 0.2) is 36.5 Å². The Balaban J connectivity index is 1.74. The van der Waals surface area contributed by atoms with Crippen LogP contribution in [0.2, 0.25) is 0 Å². The van der Waals surface area contributed by atoms with Gasteiger partial charge in [0, 0.05) is 36.6 Å². The number of likely N-dealkylation sites (tertiary alicyclic amines) is 1. The van der Waals surface area contributed by atoms with Gasteiger partial charge in [-0.15, -0.1) is 0 Å². The lowest BCUT2D eigenvalue weighted by atomic mass is 9.93. The largest absolute Gasteiger partial charge is 0.322 e. The summed E-state index contributed by atoms with van der Waals surface area (Å²) >= 11 is 0. The maximum atomic E-state index is 12.4. The minimum absolute atomic E-state index is 0.0104. The first-order valence-corrected chi connectivity index (χ1v) is 7.78. The molecule has 0 bridgehead atoms. The number of carbonyl (C=O) groups is 1. The lowest BCUT2D eigenvalue weighted by Gasteiger charge is -2.46. The van der Waals surface area contributed by atoms with E-state index in [0.717, 1.165) is 29.8 Å². The Kier molecular flexibility index (Phi) is 3.88. The highest BCUT2D eigenvalue weighted by Gasteiger charge is 2.37. The standard InChI is InChI=1S/C17H22N4O/c1-4-15-10-12(2)21(15)17(22)18-14-7-5-6-13(11-14)16-8-9-20(3)19-16/h5-9,11-12,15H,4,10H2,1-3H3,(H,18,22). The highest BCUT2D eigenvalue weighted by Crippen LogP contribution is 2.29. The molecular weight excluding hydrogens is 276 g/mol. The summed E-state index contributed by atoms with van der Waals surface area (Å²) in [5.74, 6) is 0. The van der Waals surface area contributed by atoms with E-state index in [9.17, 15) is 4.79 Å². The predicted molar refractivity (Wildman–Crippen MR) is 87.7 cm³/mol. The van der Waals surface area contributed by atoms with Crippen molar-refractivity contribution < 1.29 is 4.79 Å². The highest BCUT2D eigenvalue weighted by molar-refractivity contribution is 5.91. The molecule has 0 radical (unpaired) electrons. The van der Waals surface area contributed by atoms with E-state index < -0.39 is 0 Å². The Morgan fingerprint density at radius 2 is 2.23 bits per heavy atom. The van der Waals surface area contributed by atoms with E-state index in [-0.39, 0.29) is 6.03 Å². The lowest BCUT2D eigenvalue weighted by Crippen LogP contribution is -2.58. The van der Waals surface area contributed by atoms with E-state index in [4.69, 9.17) is 0 Å². The first kappa shape index (κ1) is 14.6. The summed E-state index contributed by atoms with van der Waals surface area (Å²) in [7, 11) is 1.89. The van der Waals surface area contributed by atoms with Crippen LogP contribution in [0.25, 0.3) is 11.3 Å². The fraction of sp³-hybridized carbons (Fsp3) is 0.412. The van der Waals surface area contributed by atoms with Crippen LogP contribution in [0.1, 0.15) is 26.7 Å². The number of aryl methyl sites for hydroxylation is 1. The molecule has 22 heavy (non-hydrogen) atoms. The third kappa shape index (κ3) is 2.71. The molecule has 2 atom stereocenters. The first-order chi connectivity index (χ1) is 10.6. The van der Waals surface area contributed by atoms with Crippen LogP contribution in [0, 0.1) is 0 Å². The number of hydrogen-bond acceptors (Lipinski definition) is 2. The van der Waals surface area contributed by atoms with Gasteiger partial charge in [0.15, 0.2) is 0 Å². The van der Waals surface area contributed by atoms with Gasteiger partial charge in [-0.3, -0.25) is 4.68 Å². The normalized spacial score (nSPS) is 20.6. The molecule has 2 aromatic rings. The van der Waals surface area contributed by atoms with Gasteiger partial charge in [0.1, 0.15) is 0 Å². The van der Waals surface area contributed by atoms with Gasteiger partial charge in [-0.25, -0.2) is 4.79 Å². The van der Waals surface area contributed by atoms with Crippen LogP contribution >= 0.6 is 0 Å². The minimum atomic E-state index is -0.0104. The van der Waals surface area contributed by atoms with Gasteiger partial charge in [0.2, 0.25) is 0 Å². The molecule has 2 amide bonds. The van der Waals surface area contributed by atoms with Crippen molar-refractivity contribution in [1.29, 1.82) is 0 Å². The predicted octanol–water partition coefficient (Wildman–Crippen LogP) is 3.49. The molecule has 0 spiro atoms. The minimum Gasteiger partial charge on any atom is -0.319 e. The molecule has 1 saturated heterocycles. The molecule has 5 nitrogen and oxygen atoms in total. The SMILES string of the molecule is CCC1CC(C)N1C(=O)Nc1cccc(-c2ccn(C)n2)c1. The fourth-order valence-corrected chi connectivity index (χ4v) is 3.09. The summed E-state index contributed by atoms with van der Waals surface area (Å²) in [6, 6.07) is 10.5. The van der Waals surface area contributed by atoms with E-state index in [2.05, 4.69) is 24.3 Å². The molecule has 2 unspecified atom stereocenters. The van der Waals surface area contributed by atoms with Crippen molar-refractivity contribution in [3.8, 4) is 11.3 Å². The van der Waals surface area contributed by atoms with Gasteiger partial charge >= 0.3 is 6.03 Å². The van der Waals surface area contributed by atoms with Crippen molar-refractivity contribution in [3.05, 3.63) is 36.5 Å². The van der Waals surface area contributed by atoms with Crippen molar-refractivity contribution >= 4 is 11.7 Å². The van der Waals surface area contributed by atoms with E-state index in [1.54, 1.807) is 4.68 Å². The Morgan fingerprint density at radius 1 is 1.41 bits per heavy atom. The second-order valence-corrected chi connectivity index (χ2v) is 5.94. The average Bonchev–Trinajstić information content (AvgIpc) is 2.91. The number of benzene rings is 1. The molecule has 0 saturated carbocycles. The molecule has 1 aliphatic rings. The number of anilines is 1. The summed E-state index contributed by atoms with van der Waals surface area (Å²) < 4.78 is 1.77. The number of rotatable bonds is 3. The van der Waals surface area contributed by atoms with E-state index in [1.165, 1.54) is 0 Å². The summed E-state index contributed by atoms with van der Waals surface area (Å²) in [5, 5.41) is 7.40. The van der Waals surface area contributed by atoms with Gasteiger partial charge in [0.25, 0.3) is 0 Å². The van der Waals surface area contributed by atoms with Crippen LogP contribution < -0.4 is 5.32 Å². The van der Waals surface area contributed by atoms with Crippen molar-refractivity contribution in [3.63, 3.8) is 0 Å². The van der Waals surface area contributed by atoms with Crippen LogP contribution in [0.5, 0.6) is 0 Å². The molecule has 1 fully saturated rings. The van der Waals surface area contributed by atoms with Crippen LogP contribution in [-0.2, 0) is 7.05 Å². The summed E-state index contributed by atoms with van der Waals surface area (Å²) in [5.41, 5.74) is 2.71. The second kappa shape index (κ2) is 5.83. The first-order valence-electron chi connectivity index (χ1n) is 7.78. The number of hydrogen-bond donors (Lipinski definition) is 1. The number of aromatic nitrogens is 2. The zero-order valence-electron chi connectivity index (χ0n) is 13.3. The van der Waals surface area contributed by atoms with Gasteiger partial charge in [-0.05, 0) is 38.0 Å². The summed E-state index contributed by atoms with van der Waals surface area (Å²) in [4.78, 5) is 14.4. The molecule has 5 heteroatoms. The van der Waals surface area contributed by atoms with E-state index in [0.29, 0.717) is 12.1 Å². The van der Waals surface area contributed by atoms with Crippen molar-refractivity contribution in [2.24, 2.45) is 7.05 Å². The van der Waals surface area contributed by atoms with Crippen LogP contribution in [0.4, 0.5) is 10.5 Å². The fourth-order valence-electron chi connectivity index (χ4n) is 3.09. The zero-order valence-corrected chi connectivity index (χ0v) is 13.3. The second-order valence-electron chi connectivity index (χ2n) is 5.94. The maximum absolute atomic E-state index is 12.4. The molecule has 3 rings (SSSR count). The molecule has 1 aromatic heterocycles. The molecule has 1 aliphatic heterocycles. The Morgan fingerprint density at radius 3 is 2.86 bits per heavy atom. The smallest absolute Gasteiger partial charge is 0.319 e. The third-order valence-electron chi connectivity index (χ3n) is 4.31. The molecule has 1 aromatic carbocycles. The van der Waals surface area contributed by atoms with Crippen molar-refractivity contribution in [1.82, 2.24) is 14.7 Å². The Labute approximate surface area is 130 Å². The van der Waals surface area contributed by atoms with Crippen molar-refractivity contribution in [2.75, 3.05) is 5.32 Å². The molecule has 0 aliphatic carbocycles. The summed E-state index contributed by atoms with van der Waals surface area (Å²) in [6.07, 6.45) is 4.01. The molecule has 1 N–H and O–H groups in total. The van der Waals surface area contributed by atoms with Crippen LogP contribution in [0.3, 0.4) is 0 Å². The molecule has 2 heterocycles. The van der Waals surface area contributed by atoms with Crippen molar-refractivity contribution in [2.45, 2.75) is 38.8 Å². The molecule has 116 valence electrons. The zero-order chi connectivity index (χ0) is 15.7. The molecular formula is C17H22N4O. The number of carbonyl (C=O) groups excluding carboxylic acids is 1. The average molecular weight is 298 g/mol. The number of nitrogens with one attached hydrogen (secondary N) is 1. The van der Waals surface area contributed by atoms with E-state index >= 15 is 0 Å². The Bertz CT molecular complexity index is 679. The lowest BCUT2D eigenvalue weighted by molar-refractivity contribution is 0.0688.